The zero-order chi connectivity index (χ0) is 22.6. The molecule has 0 aliphatic heterocycles. The molecule has 0 bridgehead atoms. The van der Waals surface area contributed by atoms with Crippen molar-refractivity contribution in [1.82, 2.24) is 0 Å². The van der Waals surface area contributed by atoms with Crippen LogP contribution in [0.1, 0.15) is 119 Å². The van der Waals surface area contributed by atoms with E-state index in [1.165, 1.54) is 64.2 Å². The summed E-state index contributed by atoms with van der Waals surface area (Å²) in [5, 5.41) is 10.5. The van der Waals surface area contributed by atoms with E-state index >= 15 is 0 Å². The highest BCUT2D eigenvalue weighted by atomic mass is 16.3. The summed E-state index contributed by atoms with van der Waals surface area (Å²) >= 11 is 0. The molecule has 9 atom stereocenters. The van der Waals surface area contributed by atoms with Crippen molar-refractivity contribution in [3.05, 3.63) is 11.1 Å². The zero-order valence-electron chi connectivity index (χ0n) is 21.8. The topological polar surface area (TPSA) is 20.2 Å². The molecule has 3 saturated carbocycles. The Kier molecular flexibility index (Phi) is 6.78. The van der Waals surface area contributed by atoms with E-state index in [0.717, 1.165) is 41.9 Å². The summed E-state index contributed by atoms with van der Waals surface area (Å²) < 4.78 is 0. The molecule has 3 fully saturated rings. The van der Waals surface area contributed by atoms with Crippen LogP contribution in [-0.4, -0.2) is 11.2 Å². The first kappa shape index (κ1) is 23.8. The van der Waals surface area contributed by atoms with Gasteiger partial charge < -0.3 is 5.11 Å². The van der Waals surface area contributed by atoms with E-state index in [1.54, 1.807) is 0 Å². The van der Waals surface area contributed by atoms with E-state index in [1.807, 2.05) is 11.1 Å². The average Bonchev–Trinajstić information content (AvgIpc) is 3.08. The fraction of sp³-hybridized carbons (Fsp3) is 0.933. The summed E-state index contributed by atoms with van der Waals surface area (Å²) in [7, 11) is 0. The molecule has 1 nitrogen and oxygen atoms in total. The number of hydrogen-bond acceptors (Lipinski definition) is 1. The molecule has 0 radical (unpaired) electrons. The first-order valence-corrected chi connectivity index (χ1v) is 14.0. The number of hydrogen-bond donors (Lipinski definition) is 1. The van der Waals surface area contributed by atoms with Gasteiger partial charge in [-0.05, 0) is 110 Å². The third kappa shape index (κ3) is 3.87. The lowest BCUT2D eigenvalue weighted by molar-refractivity contribution is -0.0779. The van der Waals surface area contributed by atoms with Crippen LogP contribution in [-0.2, 0) is 0 Å². The fourth-order valence-electron chi connectivity index (χ4n) is 9.58. The van der Waals surface area contributed by atoms with Crippen LogP contribution in [0.15, 0.2) is 11.1 Å². The Bertz CT molecular complexity index is 676. The highest BCUT2D eigenvalue weighted by molar-refractivity contribution is 5.35. The van der Waals surface area contributed by atoms with Gasteiger partial charge in [0.25, 0.3) is 0 Å². The minimum absolute atomic E-state index is 0.0596. The van der Waals surface area contributed by atoms with Crippen LogP contribution in [0, 0.1) is 52.3 Å². The molecule has 0 aromatic heterocycles. The monoisotopic (exact) mass is 428 g/mol. The molecule has 4 aliphatic carbocycles. The van der Waals surface area contributed by atoms with Gasteiger partial charge in [-0.2, -0.15) is 0 Å². The SMILES string of the molecule is CC[C@H](CC[C@@H](C)[C@H]1CCC2=C3CC[C@H]4[C@H](C)[C@@H](O)CC[C@]4(C)[C@H]3CC[C@@]21C)C(C)C. The van der Waals surface area contributed by atoms with E-state index in [0.29, 0.717) is 16.7 Å². The van der Waals surface area contributed by atoms with Crippen LogP contribution in [0.2, 0.25) is 0 Å². The minimum atomic E-state index is -0.0596. The lowest BCUT2D eigenvalue weighted by Gasteiger charge is -2.58. The molecule has 4 rings (SSSR count). The minimum Gasteiger partial charge on any atom is -0.393 e. The molecule has 0 spiro atoms. The third-order valence-electron chi connectivity index (χ3n) is 11.7. The van der Waals surface area contributed by atoms with Crippen LogP contribution < -0.4 is 0 Å². The molecule has 1 heteroatoms. The number of rotatable bonds is 6. The molecule has 0 aromatic carbocycles. The summed E-state index contributed by atoms with van der Waals surface area (Å²) in [6.07, 6.45) is 14.7. The number of fused-ring (bicyclic) bond motifs is 4. The maximum atomic E-state index is 10.5. The van der Waals surface area contributed by atoms with Crippen LogP contribution in [0.3, 0.4) is 0 Å². The van der Waals surface area contributed by atoms with Crippen LogP contribution in [0.5, 0.6) is 0 Å². The Labute approximate surface area is 193 Å². The quantitative estimate of drug-likeness (QED) is 0.421. The summed E-state index contributed by atoms with van der Waals surface area (Å²) in [5.41, 5.74) is 4.76. The van der Waals surface area contributed by atoms with Crippen molar-refractivity contribution in [3.63, 3.8) is 0 Å². The van der Waals surface area contributed by atoms with E-state index < -0.39 is 0 Å². The third-order valence-corrected chi connectivity index (χ3v) is 11.7. The maximum absolute atomic E-state index is 10.5. The lowest BCUT2D eigenvalue weighted by atomic mass is 9.47. The van der Waals surface area contributed by atoms with Gasteiger partial charge in [0.15, 0.2) is 0 Å². The Hall–Kier alpha value is -0.300. The number of aliphatic hydroxyl groups excluding tert-OH is 1. The van der Waals surface area contributed by atoms with Crippen molar-refractivity contribution in [3.8, 4) is 0 Å². The van der Waals surface area contributed by atoms with Gasteiger partial charge in [-0.15, -0.1) is 0 Å². The first-order valence-electron chi connectivity index (χ1n) is 14.0. The standard InChI is InChI=1S/C30H52O/c1-8-22(19(2)3)10-9-20(4)24-13-14-26-23-11-12-25-21(5)28(31)16-18-30(25,7)27(23)15-17-29(24,26)6/h19-22,24-25,27-28,31H,8-18H2,1-7H3/t20-,21+,22-,24-,25+,27+,28+,29-,30+/m1/s1. The molecule has 178 valence electrons. The summed E-state index contributed by atoms with van der Waals surface area (Å²) in [6, 6.07) is 0. The van der Waals surface area contributed by atoms with Gasteiger partial charge in [-0.25, -0.2) is 0 Å². The van der Waals surface area contributed by atoms with Crippen molar-refractivity contribution in [2.75, 3.05) is 0 Å². The molecule has 31 heavy (non-hydrogen) atoms. The molecule has 1 N–H and O–H groups in total. The second-order valence-electron chi connectivity index (χ2n) is 13.2. The maximum Gasteiger partial charge on any atom is 0.0568 e. The van der Waals surface area contributed by atoms with Gasteiger partial charge in [0.05, 0.1) is 6.10 Å². The van der Waals surface area contributed by atoms with E-state index in [-0.39, 0.29) is 6.10 Å². The van der Waals surface area contributed by atoms with Gasteiger partial charge in [-0.1, -0.05) is 72.5 Å². The Morgan fingerprint density at radius 2 is 1.71 bits per heavy atom. The molecular weight excluding hydrogens is 376 g/mol. The largest absolute Gasteiger partial charge is 0.393 e. The van der Waals surface area contributed by atoms with Crippen molar-refractivity contribution in [2.24, 2.45) is 52.3 Å². The van der Waals surface area contributed by atoms with E-state index in [4.69, 9.17) is 0 Å². The van der Waals surface area contributed by atoms with Gasteiger partial charge in [0.1, 0.15) is 0 Å². The molecular formula is C30H52O. The molecule has 0 amide bonds. The summed E-state index contributed by atoms with van der Waals surface area (Å²) in [5.74, 6) is 5.53. The fourth-order valence-corrected chi connectivity index (χ4v) is 9.58. The molecule has 0 saturated heterocycles. The Balaban J connectivity index is 1.53. The number of allylic oxidation sites excluding steroid dienone is 2. The zero-order valence-corrected chi connectivity index (χ0v) is 21.8. The Morgan fingerprint density at radius 3 is 2.39 bits per heavy atom. The molecule has 0 unspecified atom stereocenters. The molecule has 0 heterocycles. The highest BCUT2D eigenvalue weighted by Gasteiger charge is 2.57. The van der Waals surface area contributed by atoms with Crippen LogP contribution in [0.25, 0.3) is 0 Å². The lowest BCUT2D eigenvalue weighted by Crippen LogP contribution is -2.51. The molecule has 0 aromatic rings. The van der Waals surface area contributed by atoms with Gasteiger partial charge >= 0.3 is 0 Å². The normalized spacial score (nSPS) is 44.6. The van der Waals surface area contributed by atoms with Crippen LogP contribution in [0.4, 0.5) is 0 Å². The summed E-state index contributed by atoms with van der Waals surface area (Å²) in [4.78, 5) is 0. The van der Waals surface area contributed by atoms with Gasteiger partial charge in [-0.3, -0.25) is 0 Å². The van der Waals surface area contributed by atoms with E-state index in [9.17, 15) is 5.11 Å². The predicted molar refractivity (Wildman–Crippen MR) is 133 cm³/mol. The summed E-state index contributed by atoms with van der Waals surface area (Å²) in [6.45, 7) is 17.4. The predicted octanol–water partition coefficient (Wildman–Crippen LogP) is 8.41. The van der Waals surface area contributed by atoms with Crippen molar-refractivity contribution >= 4 is 0 Å². The second-order valence-corrected chi connectivity index (χ2v) is 13.2. The highest BCUT2D eigenvalue weighted by Crippen LogP contribution is 2.66. The smallest absolute Gasteiger partial charge is 0.0568 e. The van der Waals surface area contributed by atoms with Crippen LogP contribution >= 0.6 is 0 Å². The van der Waals surface area contributed by atoms with Crippen molar-refractivity contribution < 1.29 is 5.11 Å². The van der Waals surface area contributed by atoms with E-state index in [2.05, 4.69) is 48.5 Å². The second kappa shape index (κ2) is 8.81. The van der Waals surface area contributed by atoms with Crippen molar-refractivity contribution in [1.29, 1.82) is 0 Å². The van der Waals surface area contributed by atoms with Crippen molar-refractivity contribution in [2.45, 2.75) is 125 Å². The number of aliphatic hydroxyl groups is 1. The average molecular weight is 429 g/mol. The van der Waals surface area contributed by atoms with Gasteiger partial charge in [0.2, 0.25) is 0 Å². The molecule has 4 aliphatic rings. The Morgan fingerprint density at radius 1 is 0.968 bits per heavy atom. The first-order chi connectivity index (χ1) is 14.6. The van der Waals surface area contributed by atoms with Gasteiger partial charge in [0, 0.05) is 0 Å².